The van der Waals surface area contributed by atoms with Crippen molar-refractivity contribution >= 4 is 0 Å². The number of rotatable bonds is 4. The Balaban J connectivity index is 1.54. The molecule has 1 aliphatic rings. The number of aromatic amines is 1. The lowest BCUT2D eigenvalue weighted by Crippen LogP contribution is -2.35. The van der Waals surface area contributed by atoms with E-state index < -0.39 is 0 Å². The number of fused-ring (bicyclic) bond motifs is 1. The molecule has 0 saturated heterocycles. The molecule has 0 atom stereocenters. The van der Waals surface area contributed by atoms with Crippen LogP contribution in [0.4, 0.5) is 0 Å². The average Bonchev–Trinajstić information content (AvgIpc) is 2.69. The summed E-state index contributed by atoms with van der Waals surface area (Å²) >= 11 is 0. The molecule has 3 aromatic rings. The predicted molar refractivity (Wildman–Crippen MR) is 99.5 cm³/mol. The van der Waals surface area contributed by atoms with Crippen LogP contribution in [-0.2, 0) is 25.9 Å². The van der Waals surface area contributed by atoms with Gasteiger partial charge in [0.15, 0.2) is 0 Å². The molecule has 0 fully saturated rings. The summed E-state index contributed by atoms with van der Waals surface area (Å²) < 4.78 is 0. The van der Waals surface area contributed by atoms with Crippen molar-refractivity contribution in [2.75, 3.05) is 6.54 Å². The molecule has 6 heteroatoms. The van der Waals surface area contributed by atoms with Crippen molar-refractivity contribution in [1.29, 1.82) is 0 Å². The summed E-state index contributed by atoms with van der Waals surface area (Å²) in [5.74, 6) is 0.540. The maximum Gasteiger partial charge on any atom is 0.255 e. The molecule has 0 radical (unpaired) electrons. The summed E-state index contributed by atoms with van der Waals surface area (Å²) in [5.41, 5.74) is 4.92. The van der Waals surface area contributed by atoms with Crippen LogP contribution in [0.5, 0.6) is 0 Å². The summed E-state index contributed by atoms with van der Waals surface area (Å²) in [5, 5.41) is 0. The maximum absolute atomic E-state index is 12.6. The number of aryl methyl sites for hydroxylation is 1. The van der Waals surface area contributed by atoms with Crippen molar-refractivity contribution < 1.29 is 0 Å². The summed E-state index contributed by atoms with van der Waals surface area (Å²) in [6.07, 6.45) is 6.60. The van der Waals surface area contributed by atoms with Crippen LogP contribution in [0.2, 0.25) is 0 Å². The van der Waals surface area contributed by atoms with Crippen LogP contribution >= 0.6 is 0 Å². The molecule has 0 spiro atoms. The third-order valence-corrected chi connectivity index (χ3v) is 4.82. The van der Waals surface area contributed by atoms with Gasteiger partial charge in [-0.2, -0.15) is 0 Å². The third-order valence-electron chi connectivity index (χ3n) is 4.82. The zero-order chi connectivity index (χ0) is 17.9. The molecule has 0 saturated carbocycles. The Hall–Kier alpha value is -2.86. The smallest absolute Gasteiger partial charge is 0.255 e. The lowest BCUT2D eigenvalue weighted by atomic mass is 10.0. The molecule has 0 aliphatic carbocycles. The normalized spacial score (nSPS) is 14.2. The Morgan fingerprint density at radius 3 is 2.58 bits per heavy atom. The van der Waals surface area contributed by atoms with E-state index in [9.17, 15) is 4.79 Å². The van der Waals surface area contributed by atoms with Gasteiger partial charge in [-0.15, -0.1) is 0 Å². The molecule has 0 amide bonds. The number of nitrogens with one attached hydrogen (secondary N) is 1. The first kappa shape index (κ1) is 16.6. The number of hydrogen-bond donors (Lipinski definition) is 1. The van der Waals surface area contributed by atoms with Gasteiger partial charge in [-0.3, -0.25) is 9.69 Å². The van der Waals surface area contributed by atoms with Gasteiger partial charge in [-0.1, -0.05) is 31.2 Å². The Kier molecular flexibility index (Phi) is 4.58. The van der Waals surface area contributed by atoms with Crippen molar-refractivity contribution in [2.24, 2.45) is 0 Å². The van der Waals surface area contributed by atoms with Crippen molar-refractivity contribution in [3.8, 4) is 11.4 Å². The Labute approximate surface area is 152 Å². The van der Waals surface area contributed by atoms with Crippen molar-refractivity contribution in [2.45, 2.75) is 32.9 Å². The summed E-state index contributed by atoms with van der Waals surface area (Å²) in [6, 6.07) is 8.70. The van der Waals surface area contributed by atoms with Crippen LogP contribution < -0.4 is 5.56 Å². The minimum atomic E-state index is -0.0696. The molecule has 1 N–H and O–H groups in total. The van der Waals surface area contributed by atoms with Crippen molar-refractivity contribution in [1.82, 2.24) is 24.8 Å². The first-order valence-electron chi connectivity index (χ1n) is 8.90. The summed E-state index contributed by atoms with van der Waals surface area (Å²) in [4.78, 5) is 30.4. The number of aromatic nitrogens is 4. The van der Waals surface area contributed by atoms with E-state index in [-0.39, 0.29) is 5.56 Å². The molecule has 6 nitrogen and oxygen atoms in total. The molecule has 3 heterocycles. The molecule has 1 aliphatic heterocycles. The molecule has 26 heavy (non-hydrogen) atoms. The highest BCUT2D eigenvalue weighted by atomic mass is 16.1. The van der Waals surface area contributed by atoms with E-state index in [1.807, 2.05) is 0 Å². The number of nitrogens with zero attached hydrogens (tertiary/aromatic N) is 4. The molecule has 0 unspecified atom stereocenters. The standard InChI is InChI=1S/C20H21N5O/c1-2-14-3-5-15(6-4-14)11-25-8-7-18-17(12-25)20(26)24-19(23-18)16-9-21-13-22-10-16/h3-6,9-10,13H,2,7-8,11-12H2,1H3,(H,23,24,26). The first-order valence-corrected chi connectivity index (χ1v) is 8.90. The number of benzene rings is 1. The van der Waals surface area contributed by atoms with Gasteiger partial charge in [0, 0.05) is 38.4 Å². The van der Waals surface area contributed by atoms with Crippen molar-refractivity contribution in [3.05, 3.63) is 75.7 Å². The van der Waals surface area contributed by atoms with Crippen LogP contribution in [0.15, 0.2) is 47.8 Å². The lowest BCUT2D eigenvalue weighted by molar-refractivity contribution is 0.242. The van der Waals surface area contributed by atoms with Gasteiger partial charge in [-0.05, 0) is 17.5 Å². The van der Waals surface area contributed by atoms with E-state index >= 15 is 0 Å². The maximum atomic E-state index is 12.6. The second-order valence-electron chi connectivity index (χ2n) is 6.60. The van der Waals surface area contributed by atoms with Gasteiger partial charge >= 0.3 is 0 Å². The predicted octanol–water partition coefficient (Wildman–Crippen LogP) is 2.35. The van der Waals surface area contributed by atoms with Crippen LogP contribution in [0, 0.1) is 0 Å². The van der Waals surface area contributed by atoms with Gasteiger partial charge in [0.1, 0.15) is 12.2 Å². The number of hydrogen-bond acceptors (Lipinski definition) is 5. The topological polar surface area (TPSA) is 74.8 Å². The largest absolute Gasteiger partial charge is 0.306 e. The fourth-order valence-corrected chi connectivity index (χ4v) is 3.31. The van der Waals surface area contributed by atoms with Gasteiger partial charge in [-0.25, -0.2) is 15.0 Å². The minimum Gasteiger partial charge on any atom is -0.306 e. The van der Waals surface area contributed by atoms with Gasteiger partial charge < -0.3 is 4.98 Å². The zero-order valence-electron chi connectivity index (χ0n) is 14.8. The second kappa shape index (κ2) is 7.17. The Bertz CT molecular complexity index is 950. The summed E-state index contributed by atoms with van der Waals surface area (Å²) in [6.45, 7) is 4.52. The second-order valence-corrected chi connectivity index (χ2v) is 6.60. The van der Waals surface area contributed by atoms with Crippen LogP contribution in [0.3, 0.4) is 0 Å². The summed E-state index contributed by atoms with van der Waals surface area (Å²) in [7, 11) is 0. The van der Waals surface area contributed by atoms with Crippen LogP contribution in [-0.4, -0.2) is 31.4 Å². The molecule has 1 aromatic carbocycles. The monoisotopic (exact) mass is 347 g/mol. The quantitative estimate of drug-likeness (QED) is 0.784. The van der Waals surface area contributed by atoms with Gasteiger partial charge in [0.2, 0.25) is 0 Å². The first-order chi connectivity index (χ1) is 12.7. The van der Waals surface area contributed by atoms with E-state index in [1.54, 1.807) is 12.4 Å². The highest BCUT2D eigenvalue weighted by Gasteiger charge is 2.21. The molecule has 4 rings (SSSR count). The molecule has 2 aromatic heterocycles. The van der Waals surface area contributed by atoms with Gasteiger partial charge in [0.25, 0.3) is 5.56 Å². The van der Waals surface area contributed by atoms with E-state index in [1.165, 1.54) is 17.5 Å². The molecule has 0 bridgehead atoms. The number of H-pyrrole nitrogens is 1. The average molecular weight is 347 g/mol. The highest BCUT2D eigenvalue weighted by Crippen LogP contribution is 2.19. The molecular weight excluding hydrogens is 326 g/mol. The van der Waals surface area contributed by atoms with Crippen molar-refractivity contribution in [3.63, 3.8) is 0 Å². The lowest BCUT2D eigenvalue weighted by Gasteiger charge is -2.27. The highest BCUT2D eigenvalue weighted by molar-refractivity contribution is 5.52. The fourth-order valence-electron chi connectivity index (χ4n) is 3.31. The van der Waals surface area contributed by atoms with E-state index in [0.717, 1.165) is 42.8 Å². The van der Waals surface area contributed by atoms with E-state index in [2.05, 4.69) is 56.0 Å². The molecular formula is C20H21N5O. The van der Waals surface area contributed by atoms with E-state index in [0.29, 0.717) is 12.4 Å². The zero-order valence-corrected chi connectivity index (χ0v) is 14.8. The SMILES string of the molecule is CCc1ccc(CN2CCc3nc(-c4cncnc4)[nH]c(=O)c3C2)cc1. The Morgan fingerprint density at radius 2 is 1.85 bits per heavy atom. The molecule has 132 valence electrons. The minimum absolute atomic E-state index is 0.0696. The van der Waals surface area contributed by atoms with E-state index in [4.69, 9.17) is 0 Å². The Morgan fingerprint density at radius 1 is 1.12 bits per heavy atom. The van der Waals surface area contributed by atoms with Gasteiger partial charge in [0.05, 0.1) is 16.8 Å². The van der Waals surface area contributed by atoms with Crippen LogP contribution in [0.1, 0.15) is 29.3 Å². The fraction of sp³-hybridized carbons (Fsp3) is 0.300. The van der Waals surface area contributed by atoms with Crippen LogP contribution in [0.25, 0.3) is 11.4 Å². The third kappa shape index (κ3) is 3.41.